The summed E-state index contributed by atoms with van der Waals surface area (Å²) < 4.78 is 20.7. The van der Waals surface area contributed by atoms with Crippen molar-refractivity contribution in [2.45, 2.75) is 90.0 Å². The predicted molar refractivity (Wildman–Crippen MR) is 142 cm³/mol. The van der Waals surface area contributed by atoms with Crippen molar-refractivity contribution in [3.63, 3.8) is 0 Å². The molecule has 0 aliphatic rings. The Morgan fingerprint density at radius 3 is 1.97 bits per heavy atom. The minimum Gasteiger partial charge on any atom is -0.467 e. The zero-order chi connectivity index (χ0) is 28.1. The summed E-state index contributed by atoms with van der Waals surface area (Å²) in [5.41, 5.74) is 0.0700. The predicted octanol–water partition coefficient (Wildman–Crippen LogP) is 4.40. The van der Waals surface area contributed by atoms with Crippen LogP contribution < -0.4 is 10.6 Å². The van der Waals surface area contributed by atoms with E-state index in [9.17, 15) is 19.2 Å². The molecule has 0 heterocycles. The average Bonchev–Trinajstić information content (AvgIpc) is 2.79. The molecule has 2 atom stereocenters. The van der Waals surface area contributed by atoms with Crippen molar-refractivity contribution >= 4 is 32.2 Å². The normalized spacial score (nSPS) is 13.1. The third-order valence-electron chi connectivity index (χ3n) is 5.05. The highest BCUT2D eigenvalue weighted by atomic mass is 28.3. The summed E-state index contributed by atoms with van der Waals surface area (Å²) >= 11 is 0. The molecule has 10 nitrogen and oxygen atoms in total. The number of amides is 2. The third kappa shape index (κ3) is 14.9. The van der Waals surface area contributed by atoms with E-state index in [0.717, 1.165) is 11.6 Å². The number of nitrogens with one attached hydrogen (secondary N) is 2. The van der Waals surface area contributed by atoms with Gasteiger partial charge in [0.25, 0.3) is 0 Å². The van der Waals surface area contributed by atoms with Crippen LogP contribution in [0, 0.1) is 0 Å². The van der Waals surface area contributed by atoms with Gasteiger partial charge < -0.3 is 29.6 Å². The van der Waals surface area contributed by atoms with Crippen molar-refractivity contribution < 1.29 is 38.1 Å². The number of methoxy groups -OCH3 is 1. The fourth-order valence-corrected chi connectivity index (χ4v) is 3.80. The molecular formula is C26H42N2O8Si. The van der Waals surface area contributed by atoms with Gasteiger partial charge in [0.1, 0.15) is 24.3 Å². The number of ether oxygens (including phenoxy) is 4. The molecule has 2 N–H and O–H groups in total. The smallest absolute Gasteiger partial charge is 0.408 e. The highest BCUT2D eigenvalue weighted by Gasteiger charge is 2.28. The lowest BCUT2D eigenvalue weighted by molar-refractivity contribution is -0.145. The summed E-state index contributed by atoms with van der Waals surface area (Å²) in [5.74, 6) is -1.22. The SMILES string of the molecule is COC(=O)[C@H](CCC[C@H](NC(=O)OCc1ccccc1)C(=O)OCC[Si](C)(C)C)NC(=O)OC(C)(C)C. The second kappa shape index (κ2) is 15.2. The van der Waals surface area contributed by atoms with Crippen molar-refractivity contribution in [3.05, 3.63) is 35.9 Å². The van der Waals surface area contributed by atoms with Crippen LogP contribution in [0.25, 0.3) is 0 Å². The van der Waals surface area contributed by atoms with Crippen molar-refractivity contribution in [2.75, 3.05) is 13.7 Å². The van der Waals surface area contributed by atoms with E-state index in [1.54, 1.807) is 20.8 Å². The molecule has 0 aliphatic carbocycles. The molecule has 0 aliphatic heterocycles. The first kappa shape index (κ1) is 31.9. The van der Waals surface area contributed by atoms with Gasteiger partial charge in [-0.2, -0.15) is 0 Å². The minimum absolute atomic E-state index is 0.0499. The number of hydrogen-bond donors (Lipinski definition) is 2. The maximum Gasteiger partial charge on any atom is 0.408 e. The molecule has 0 radical (unpaired) electrons. The highest BCUT2D eigenvalue weighted by molar-refractivity contribution is 6.76. The van der Waals surface area contributed by atoms with Crippen LogP contribution in [0.15, 0.2) is 30.3 Å². The summed E-state index contributed by atoms with van der Waals surface area (Å²) in [6, 6.07) is 7.98. The Balaban J connectivity index is 2.77. The topological polar surface area (TPSA) is 129 Å². The Bertz CT molecular complexity index is 881. The summed E-state index contributed by atoms with van der Waals surface area (Å²) in [4.78, 5) is 49.5. The number of rotatable bonds is 13. The van der Waals surface area contributed by atoms with Crippen LogP contribution in [-0.2, 0) is 35.1 Å². The maximum absolute atomic E-state index is 12.8. The number of carbonyl (C=O) groups excluding carboxylic acids is 4. The van der Waals surface area contributed by atoms with Gasteiger partial charge in [0.15, 0.2) is 0 Å². The van der Waals surface area contributed by atoms with Crippen molar-refractivity contribution in [1.82, 2.24) is 10.6 Å². The molecule has 0 saturated carbocycles. The Labute approximate surface area is 220 Å². The molecule has 1 aromatic carbocycles. The van der Waals surface area contributed by atoms with E-state index < -0.39 is 49.9 Å². The molecule has 208 valence electrons. The maximum atomic E-state index is 12.8. The molecule has 0 aromatic heterocycles. The van der Waals surface area contributed by atoms with E-state index in [1.807, 2.05) is 30.3 Å². The lowest BCUT2D eigenvalue weighted by Crippen LogP contribution is -2.45. The van der Waals surface area contributed by atoms with Gasteiger partial charge in [-0.25, -0.2) is 19.2 Å². The fraction of sp³-hybridized carbons (Fsp3) is 0.615. The monoisotopic (exact) mass is 538 g/mol. The number of alkyl carbamates (subject to hydrolysis) is 2. The van der Waals surface area contributed by atoms with Crippen LogP contribution >= 0.6 is 0 Å². The van der Waals surface area contributed by atoms with Crippen molar-refractivity contribution in [2.24, 2.45) is 0 Å². The van der Waals surface area contributed by atoms with Crippen LogP contribution in [0.4, 0.5) is 9.59 Å². The molecule has 37 heavy (non-hydrogen) atoms. The van der Waals surface area contributed by atoms with Crippen LogP contribution in [0.5, 0.6) is 0 Å². The zero-order valence-electron chi connectivity index (χ0n) is 23.1. The molecular weight excluding hydrogens is 496 g/mol. The second-order valence-electron chi connectivity index (χ2n) is 10.9. The van der Waals surface area contributed by atoms with Gasteiger partial charge >= 0.3 is 24.1 Å². The molecule has 0 saturated heterocycles. The lowest BCUT2D eigenvalue weighted by Gasteiger charge is -2.23. The van der Waals surface area contributed by atoms with E-state index in [4.69, 9.17) is 18.9 Å². The highest BCUT2D eigenvalue weighted by Crippen LogP contribution is 2.13. The van der Waals surface area contributed by atoms with E-state index in [0.29, 0.717) is 6.42 Å². The van der Waals surface area contributed by atoms with Crippen LogP contribution in [0.1, 0.15) is 45.6 Å². The van der Waals surface area contributed by atoms with Gasteiger partial charge in [-0.15, -0.1) is 0 Å². The molecule has 2 amide bonds. The Hall–Kier alpha value is -3.08. The summed E-state index contributed by atoms with van der Waals surface area (Å²) in [6.07, 6.45) is -0.899. The lowest BCUT2D eigenvalue weighted by atomic mass is 10.1. The fourth-order valence-electron chi connectivity index (χ4n) is 3.08. The summed E-state index contributed by atoms with van der Waals surface area (Å²) in [6.45, 7) is 11.9. The van der Waals surface area contributed by atoms with Crippen LogP contribution in [-0.4, -0.2) is 63.6 Å². The minimum atomic E-state index is -1.42. The standard InChI is InChI=1S/C26H42N2O8Si/c1-26(2,3)36-25(32)28-20(22(29)33-4)14-11-15-21(23(30)34-16-17-37(5,6)7)27-24(31)35-18-19-12-9-8-10-13-19/h8-10,12-13,20-21H,11,14-18H2,1-7H3,(H,27,31)(H,28,32)/t20-,21-/m0/s1. The number of benzene rings is 1. The van der Waals surface area contributed by atoms with Gasteiger partial charge in [-0.1, -0.05) is 50.0 Å². The van der Waals surface area contributed by atoms with Gasteiger partial charge in [-0.05, 0) is 51.6 Å². The van der Waals surface area contributed by atoms with E-state index in [2.05, 4.69) is 30.3 Å². The molecule has 0 spiro atoms. The van der Waals surface area contributed by atoms with Gasteiger partial charge in [0, 0.05) is 8.07 Å². The quantitative estimate of drug-likeness (QED) is 0.215. The molecule has 11 heteroatoms. The molecule has 0 unspecified atom stereocenters. The Kier molecular flexibility index (Phi) is 13.2. The molecule has 1 aromatic rings. The first-order chi connectivity index (χ1) is 17.2. The molecule has 0 fully saturated rings. The third-order valence-corrected chi connectivity index (χ3v) is 6.75. The summed E-state index contributed by atoms with van der Waals surface area (Å²) in [5, 5.41) is 5.07. The summed E-state index contributed by atoms with van der Waals surface area (Å²) in [7, 11) is -0.206. The molecule has 0 bridgehead atoms. The number of esters is 2. The van der Waals surface area contributed by atoms with Gasteiger partial charge in [0.05, 0.1) is 13.7 Å². The van der Waals surface area contributed by atoms with E-state index >= 15 is 0 Å². The van der Waals surface area contributed by atoms with Gasteiger partial charge in [0.2, 0.25) is 0 Å². The average molecular weight is 539 g/mol. The zero-order valence-corrected chi connectivity index (χ0v) is 24.1. The van der Waals surface area contributed by atoms with Crippen LogP contribution in [0.3, 0.4) is 0 Å². The first-order valence-corrected chi connectivity index (χ1v) is 16.1. The van der Waals surface area contributed by atoms with Crippen molar-refractivity contribution in [1.29, 1.82) is 0 Å². The second-order valence-corrected chi connectivity index (χ2v) is 16.5. The Morgan fingerprint density at radius 2 is 1.43 bits per heavy atom. The van der Waals surface area contributed by atoms with Crippen molar-refractivity contribution in [3.8, 4) is 0 Å². The number of carbonyl (C=O) groups is 4. The first-order valence-electron chi connectivity index (χ1n) is 12.4. The van der Waals surface area contributed by atoms with Crippen LogP contribution in [0.2, 0.25) is 25.7 Å². The molecule has 1 rings (SSSR count). The van der Waals surface area contributed by atoms with E-state index in [1.165, 1.54) is 7.11 Å². The van der Waals surface area contributed by atoms with Gasteiger partial charge in [-0.3, -0.25) is 0 Å². The Morgan fingerprint density at radius 1 is 0.865 bits per heavy atom. The largest absolute Gasteiger partial charge is 0.467 e. The van der Waals surface area contributed by atoms with E-state index in [-0.39, 0.29) is 26.1 Å². The number of hydrogen-bond acceptors (Lipinski definition) is 8.